The molecule has 5 nitrogen and oxygen atoms in total. The third-order valence-electron chi connectivity index (χ3n) is 5.99. The van der Waals surface area contributed by atoms with Crippen LogP contribution in [0.15, 0.2) is 0 Å². The van der Waals surface area contributed by atoms with Gasteiger partial charge in [0.1, 0.15) is 0 Å². The molecule has 1 amide bonds. The van der Waals surface area contributed by atoms with Crippen LogP contribution in [0, 0.1) is 0 Å². The van der Waals surface area contributed by atoms with Gasteiger partial charge in [0, 0.05) is 25.2 Å². The normalized spacial score (nSPS) is 28.4. The van der Waals surface area contributed by atoms with Gasteiger partial charge in [0.05, 0.1) is 18.8 Å². The number of rotatable bonds is 4. The minimum atomic E-state index is -0.610. The molecule has 0 bridgehead atoms. The van der Waals surface area contributed by atoms with Crippen molar-refractivity contribution >= 4 is 5.91 Å². The molecule has 2 saturated carbocycles. The molecule has 22 heavy (non-hydrogen) atoms. The van der Waals surface area contributed by atoms with Gasteiger partial charge in [-0.1, -0.05) is 32.1 Å². The zero-order valence-electron chi connectivity index (χ0n) is 13.7. The molecule has 126 valence electrons. The molecule has 0 aromatic rings. The van der Waals surface area contributed by atoms with Crippen molar-refractivity contribution in [2.75, 3.05) is 32.8 Å². The Bertz CT molecular complexity index is 381. The van der Waals surface area contributed by atoms with E-state index in [-0.39, 0.29) is 11.4 Å². The Morgan fingerprint density at radius 2 is 1.59 bits per heavy atom. The summed E-state index contributed by atoms with van der Waals surface area (Å²) in [6, 6.07) is 0. The van der Waals surface area contributed by atoms with Gasteiger partial charge in [-0.3, -0.25) is 9.69 Å². The zero-order valence-corrected chi connectivity index (χ0v) is 13.7. The van der Waals surface area contributed by atoms with Crippen molar-refractivity contribution in [2.24, 2.45) is 5.73 Å². The molecule has 0 atom stereocenters. The predicted octanol–water partition coefficient (Wildman–Crippen LogP) is 1.41. The first kappa shape index (κ1) is 16.2. The number of nitrogens with one attached hydrogen (secondary N) is 1. The van der Waals surface area contributed by atoms with Gasteiger partial charge in [0.2, 0.25) is 5.91 Å². The van der Waals surface area contributed by atoms with Gasteiger partial charge in [-0.25, -0.2) is 0 Å². The number of hydrogen-bond acceptors (Lipinski definition) is 4. The number of nitrogens with zero attached hydrogens (tertiary/aromatic N) is 1. The van der Waals surface area contributed by atoms with E-state index in [1.54, 1.807) is 0 Å². The van der Waals surface area contributed by atoms with Gasteiger partial charge in [-0.2, -0.15) is 0 Å². The first-order chi connectivity index (χ1) is 10.6. The fourth-order valence-corrected chi connectivity index (χ4v) is 4.51. The molecule has 3 fully saturated rings. The monoisotopic (exact) mass is 309 g/mol. The molecule has 3 rings (SSSR count). The van der Waals surface area contributed by atoms with E-state index in [1.807, 2.05) is 0 Å². The smallest absolute Gasteiger partial charge is 0.240 e. The molecule has 0 radical (unpaired) electrons. The second-order valence-corrected chi connectivity index (χ2v) is 7.43. The van der Waals surface area contributed by atoms with Crippen molar-refractivity contribution in [3.05, 3.63) is 0 Å². The minimum Gasteiger partial charge on any atom is -0.379 e. The van der Waals surface area contributed by atoms with Gasteiger partial charge in [-0.05, 0) is 25.7 Å². The maximum absolute atomic E-state index is 12.6. The second-order valence-electron chi connectivity index (χ2n) is 7.43. The van der Waals surface area contributed by atoms with Crippen molar-refractivity contribution in [1.29, 1.82) is 0 Å². The highest BCUT2D eigenvalue weighted by Gasteiger charge is 2.41. The third-order valence-corrected chi connectivity index (χ3v) is 5.99. The molecule has 0 spiro atoms. The summed E-state index contributed by atoms with van der Waals surface area (Å²) in [6.07, 6.45) is 10.1. The molecule has 2 aliphatic carbocycles. The Kier molecular flexibility index (Phi) is 5.05. The average Bonchev–Trinajstić information content (AvgIpc) is 3.02. The molecule has 0 unspecified atom stereocenters. The SMILES string of the molecule is NC1(C(=O)NCC2(N3CCOCC3)CCCCC2)CCCC1. The van der Waals surface area contributed by atoms with Crippen molar-refractivity contribution in [3.8, 4) is 0 Å². The number of morpholine rings is 1. The number of amides is 1. The Morgan fingerprint density at radius 3 is 2.23 bits per heavy atom. The van der Waals surface area contributed by atoms with Crippen molar-refractivity contribution in [3.63, 3.8) is 0 Å². The van der Waals surface area contributed by atoms with Gasteiger partial charge in [-0.15, -0.1) is 0 Å². The van der Waals surface area contributed by atoms with Crippen molar-refractivity contribution < 1.29 is 9.53 Å². The van der Waals surface area contributed by atoms with Gasteiger partial charge in [0.25, 0.3) is 0 Å². The summed E-state index contributed by atoms with van der Waals surface area (Å²) in [7, 11) is 0. The van der Waals surface area contributed by atoms with Crippen molar-refractivity contribution in [2.45, 2.75) is 68.9 Å². The van der Waals surface area contributed by atoms with Crippen LogP contribution in [-0.4, -0.2) is 54.7 Å². The third kappa shape index (κ3) is 3.31. The van der Waals surface area contributed by atoms with Crippen LogP contribution < -0.4 is 11.1 Å². The first-order valence-corrected chi connectivity index (χ1v) is 9.05. The molecule has 0 aromatic heterocycles. The van der Waals surface area contributed by atoms with E-state index in [2.05, 4.69) is 10.2 Å². The maximum atomic E-state index is 12.6. The topological polar surface area (TPSA) is 67.6 Å². The number of carbonyl (C=O) groups is 1. The highest BCUT2D eigenvalue weighted by Crippen LogP contribution is 2.34. The minimum absolute atomic E-state index is 0.0724. The van der Waals surface area contributed by atoms with Gasteiger partial charge < -0.3 is 15.8 Å². The number of ether oxygens (including phenoxy) is 1. The molecular weight excluding hydrogens is 278 g/mol. The predicted molar refractivity (Wildman–Crippen MR) is 86.6 cm³/mol. The molecule has 5 heteroatoms. The second kappa shape index (κ2) is 6.85. The van der Waals surface area contributed by atoms with Gasteiger partial charge in [0.15, 0.2) is 0 Å². The fourth-order valence-electron chi connectivity index (χ4n) is 4.51. The Balaban J connectivity index is 1.63. The van der Waals surface area contributed by atoms with E-state index in [4.69, 9.17) is 10.5 Å². The lowest BCUT2D eigenvalue weighted by molar-refractivity contribution is -0.127. The molecule has 1 aliphatic heterocycles. The van der Waals surface area contributed by atoms with E-state index in [0.717, 1.165) is 58.5 Å². The maximum Gasteiger partial charge on any atom is 0.240 e. The van der Waals surface area contributed by atoms with Crippen LogP contribution in [0.4, 0.5) is 0 Å². The fraction of sp³-hybridized carbons (Fsp3) is 0.941. The van der Waals surface area contributed by atoms with Crippen LogP contribution in [-0.2, 0) is 9.53 Å². The van der Waals surface area contributed by atoms with Crippen LogP contribution in [0.5, 0.6) is 0 Å². The van der Waals surface area contributed by atoms with E-state index >= 15 is 0 Å². The number of hydrogen-bond donors (Lipinski definition) is 2. The van der Waals surface area contributed by atoms with Crippen LogP contribution in [0.25, 0.3) is 0 Å². The molecular formula is C17H31N3O2. The lowest BCUT2D eigenvalue weighted by Crippen LogP contribution is -2.62. The molecule has 1 saturated heterocycles. The van der Waals surface area contributed by atoms with Gasteiger partial charge >= 0.3 is 0 Å². The molecule has 3 N–H and O–H groups in total. The van der Waals surface area contributed by atoms with Crippen LogP contribution in [0.2, 0.25) is 0 Å². The van der Waals surface area contributed by atoms with E-state index in [1.165, 1.54) is 32.1 Å². The Labute approximate surface area is 133 Å². The summed E-state index contributed by atoms with van der Waals surface area (Å²) >= 11 is 0. The Morgan fingerprint density at radius 1 is 1.00 bits per heavy atom. The lowest BCUT2D eigenvalue weighted by atomic mass is 9.79. The van der Waals surface area contributed by atoms with Crippen LogP contribution >= 0.6 is 0 Å². The number of nitrogens with two attached hydrogens (primary N) is 1. The summed E-state index contributed by atoms with van der Waals surface area (Å²) in [5.74, 6) is 0.0724. The zero-order chi connectivity index (χ0) is 15.5. The van der Waals surface area contributed by atoms with Crippen molar-refractivity contribution in [1.82, 2.24) is 10.2 Å². The largest absolute Gasteiger partial charge is 0.379 e. The highest BCUT2D eigenvalue weighted by atomic mass is 16.5. The summed E-state index contributed by atoms with van der Waals surface area (Å²) in [6.45, 7) is 4.37. The van der Waals surface area contributed by atoms with E-state index in [0.29, 0.717) is 0 Å². The molecule has 0 aromatic carbocycles. The summed E-state index contributed by atoms with van der Waals surface area (Å²) in [5.41, 5.74) is 5.82. The first-order valence-electron chi connectivity index (χ1n) is 9.05. The lowest BCUT2D eigenvalue weighted by Gasteiger charge is -2.48. The standard InChI is InChI=1S/C17H31N3O2/c18-17(8-4-5-9-17)15(21)19-14-16(6-2-1-3-7-16)20-10-12-22-13-11-20/h1-14,18H2,(H,19,21). The Hall–Kier alpha value is -0.650. The van der Waals surface area contributed by atoms with E-state index < -0.39 is 5.54 Å². The average molecular weight is 309 g/mol. The molecule has 3 aliphatic rings. The molecule has 1 heterocycles. The van der Waals surface area contributed by atoms with Crippen LogP contribution in [0.3, 0.4) is 0 Å². The summed E-state index contributed by atoms with van der Waals surface area (Å²) in [4.78, 5) is 15.1. The summed E-state index contributed by atoms with van der Waals surface area (Å²) < 4.78 is 5.51. The number of carbonyl (C=O) groups excluding carboxylic acids is 1. The van der Waals surface area contributed by atoms with E-state index in [9.17, 15) is 4.79 Å². The highest BCUT2D eigenvalue weighted by molar-refractivity contribution is 5.86. The quantitative estimate of drug-likeness (QED) is 0.824. The summed E-state index contributed by atoms with van der Waals surface area (Å²) in [5, 5.41) is 3.23. The van der Waals surface area contributed by atoms with Crippen LogP contribution in [0.1, 0.15) is 57.8 Å².